The highest BCUT2D eigenvalue weighted by molar-refractivity contribution is 5.98. The predicted molar refractivity (Wildman–Crippen MR) is 51.4 cm³/mol. The minimum Gasteiger partial charge on any atom is -0.394 e. The molecule has 1 rings (SSSR count). The molecule has 80 valence electrons. The minimum atomic E-state index is -0.331. The van der Waals surface area contributed by atoms with Crippen LogP contribution in [0.2, 0.25) is 0 Å². The first kappa shape index (κ1) is 11.2. The maximum Gasteiger partial charge on any atom is 0.229 e. The van der Waals surface area contributed by atoms with Crippen molar-refractivity contribution in [2.45, 2.75) is 39.2 Å². The van der Waals surface area contributed by atoms with E-state index in [9.17, 15) is 9.59 Å². The summed E-state index contributed by atoms with van der Waals surface area (Å²) in [6.07, 6.45) is 1.45. The van der Waals surface area contributed by atoms with E-state index in [-0.39, 0.29) is 30.4 Å². The van der Waals surface area contributed by atoms with Gasteiger partial charge in [-0.25, -0.2) is 0 Å². The number of carbonyl (C=O) groups excluding carboxylic acids is 2. The molecule has 0 aromatic carbocycles. The molecule has 0 bridgehead atoms. The summed E-state index contributed by atoms with van der Waals surface area (Å²) in [5.74, 6) is -0.147. The number of amides is 2. The minimum absolute atomic E-state index is 0.137. The number of aliphatic hydroxyl groups is 1. The summed E-state index contributed by atoms with van der Waals surface area (Å²) in [6, 6.07) is -0.331. The van der Waals surface area contributed by atoms with Crippen LogP contribution in [-0.4, -0.2) is 34.5 Å². The molecule has 2 amide bonds. The van der Waals surface area contributed by atoms with Crippen LogP contribution in [0.3, 0.4) is 0 Å². The number of imide groups is 1. The average molecular weight is 199 g/mol. The van der Waals surface area contributed by atoms with Gasteiger partial charge in [-0.2, -0.15) is 0 Å². The Bertz CT molecular complexity index is 218. The molecule has 4 heteroatoms. The van der Waals surface area contributed by atoms with Crippen molar-refractivity contribution in [1.29, 1.82) is 0 Å². The second kappa shape index (κ2) is 4.55. The lowest BCUT2D eigenvalue weighted by atomic mass is 9.96. The van der Waals surface area contributed by atoms with Crippen LogP contribution in [0.5, 0.6) is 0 Å². The van der Waals surface area contributed by atoms with Crippen molar-refractivity contribution in [3.8, 4) is 0 Å². The molecular weight excluding hydrogens is 182 g/mol. The van der Waals surface area contributed by atoms with Gasteiger partial charge in [0.1, 0.15) is 0 Å². The molecular formula is C10H17NO3. The summed E-state index contributed by atoms with van der Waals surface area (Å²) < 4.78 is 0. The summed E-state index contributed by atoms with van der Waals surface area (Å²) in [6.45, 7) is 3.62. The number of carbonyl (C=O) groups is 2. The van der Waals surface area contributed by atoms with Gasteiger partial charge in [-0.05, 0) is 12.3 Å². The second-order valence-electron chi connectivity index (χ2n) is 3.92. The molecule has 1 fully saturated rings. The zero-order chi connectivity index (χ0) is 10.7. The Morgan fingerprint density at radius 1 is 1.43 bits per heavy atom. The number of aliphatic hydroxyl groups excluding tert-OH is 1. The highest BCUT2D eigenvalue weighted by atomic mass is 16.3. The van der Waals surface area contributed by atoms with Gasteiger partial charge in [-0.15, -0.1) is 0 Å². The fourth-order valence-electron chi connectivity index (χ4n) is 1.80. The van der Waals surface area contributed by atoms with Crippen LogP contribution in [0, 0.1) is 5.92 Å². The van der Waals surface area contributed by atoms with E-state index in [4.69, 9.17) is 5.11 Å². The Labute approximate surface area is 83.9 Å². The van der Waals surface area contributed by atoms with Crippen molar-refractivity contribution < 1.29 is 14.7 Å². The molecule has 0 aromatic rings. The molecule has 0 aromatic heterocycles. The second-order valence-corrected chi connectivity index (χ2v) is 3.92. The normalized spacial score (nSPS) is 21.5. The van der Waals surface area contributed by atoms with Crippen LogP contribution in [0.1, 0.15) is 33.1 Å². The molecule has 1 aliphatic heterocycles. The zero-order valence-electron chi connectivity index (χ0n) is 8.69. The van der Waals surface area contributed by atoms with Crippen LogP contribution >= 0.6 is 0 Å². The molecule has 1 N–H and O–H groups in total. The summed E-state index contributed by atoms with van der Waals surface area (Å²) in [7, 11) is 0. The topological polar surface area (TPSA) is 57.6 Å². The van der Waals surface area contributed by atoms with E-state index in [1.807, 2.05) is 13.8 Å². The van der Waals surface area contributed by atoms with E-state index in [0.717, 1.165) is 0 Å². The van der Waals surface area contributed by atoms with Crippen LogP contribution < -0.4 is 0 Å². The maximum absolute atomic E-state index is 11.6. The van der Waals surface area contributed by atoms with Gasteiger partial charge in [0.05, 0.1) is 12.6 Å². The highest BCUT2D eigenvalue weighted by Gasteiger charge is 2.34. The first-order valence-electron chi connectivity index (χ1n) is 5.05. The van der Waals surface area contributed by atoms with Gasteiger partial charge in [0, 0.05) is 12.8 Å². The van der Waals surface area contributed by atoms with Crippen molar-refractivity contribution in [2.24, 2.45) is 5.92 Å². The Kier molecular flexibility index (Phi) is 3.63. The van der Waals surface area contributed by atoms with Gasteiger partial charge in [0.15, 0.2) is 0 Å². The van der Waals surface area contributed by atoms with Gasteiger partial charge < -0.3 is 5.11 Å². The number of hydrogen-bond acceptors (Lipinski definition) is 3. The number of hydrogen-bond donors (Lipinski definition) is 1. The Morgan fingerprint density at radius 2 is 1.93 bits per heavy atom. The molecule has 1 unspecified atom stereocenters. The van der Waals surface area contributed by atoms with Crippen LogP contribution in [0.25, 0.3) is 0 Å². The number of likely N-dealkylation sites (tertiary alicyclic amines) is 1. The first-order chi connectivity index (χ1) is 6.60. The van der Waals surface area contributed by atoms with E-state index >= 15 is 0 Å². The van der Waals surface area contributed by atoms with Gasteiger partial charge in [0.25, 0.3) is 0 Å². The Morgan fingerprint density at radius 3 is 2.29 bits per heavy atom. The maximum atomic E-state index is 11.6. The van der Waals surface area contributed by atoms with E-state index in [1.54, 1.807) is 0 Å². The van der Waals surface area contributed by atoms with E-state index in [0.29, 0.717) is 19.3 Å². The number of piperidine rings is 1. The number of nitrogens with zero attached hydrogens (tertiary/aromatic N) is 1. The third-order valence-corrected chi connectivity index (χ3v) is 2.63. The molecule has 1 saturated heterocycles. The summed E-state index contributed by atoms with van der Waals surface area (Å²) in [5, 5.41) is 9.03. The van der Waals surface area contributed by atoms with Crippen molar-refractivity contribution in [3.05, 3.63) is 0 Å². The molecule has 0 spiro atoms. The van der Waals surface area contributed by atoms with Crippen LogP contribution in [-0.2, 0) is 9.59 Å². The summed E-state index contributed by atoms with van der Waals surface area (Å²) in [4.78, 5) is 24.4. The molecule has 1 heterocycles. The van der Waals surface area contributed by atoms with Crippen molar-refractivity contribution >= 4 is 11.8 Å². The average Bonchev–Trinajstić information content (AvgIpc) is 2.10. The van der Waals surface area contributed by atoms with Gasteiger partial charge in [-0.3, -0.25) is 14.5 Å². The molecule has 0 radical (unpaired) electrons. The van der Waals surface area contributed by atoms with Crippen molar-refractivity contribution in [3.63, 3.8) is 0 Å². The molecule has 4 nitrogen and oxygen atoms in total. The third kappa shape index (κ3) is 2.12. The third-order valence-electron chi connectivity index (χ3n) is 2.63. The lowest BCUT2D eigenvalue weighted by molar-refractivity contribution is -0.153. The van der Waals surface area contributed by atoms with Crippen molar-refractivity contribution in [2.75, 3.05) is 6.61 Å². The zero-order valence-corrected chi connectivity index (χ0v) is 8.69. The number of rotatable bonds is 3. The fourth-order valence-corrected chi connectivity index (χ4v) is 1.80. The monoisotopic (exact) mass is 199 g/mol. The predicted octanol–water partition coefficient (Wildman–Crippen LogP) is 0.542. The summed E-state index contributed by atoms with van der Waals surface area (Å²) in [5.41, 5.74) is 0. The molecule has 0 aliphatic carbocycles. The lowest BCUT2D eigenvalue weighted by Crippen LogP contribution is -2.50. The molecule has 1 atom stereocenters. The molecule has 0 saturated carbocycles. The largest absolute Gasteiger partial charge is 0.394 e. The standard InChI is InChI=1S/C10H17NO3/c1-3-8(6-12)11-9(13)4-7(2)5-10(11)14/h7-8,12H,3-6H2,1-2H3. The van der Waals surface area contributed by atoms with Crippen LogP contribution in [0.4, 0.5) is 0 Å². The van der Waals surface area contributed by atoms with Gasteiger partial charge in [-0.1, -0.05) is 13.8 Å². The fraction of sp³-hybridized carbons (Fsp3) is 0.800. The Hall–Kier alpha value is -0.900. The van der Waals surface area contributed by atoms with E-state index in [1.165, 1.54) is 4.90 Å². The van der Waals surface area contributed by atoms with E-state index < -0.39 is 0 Å². The van der Waals surface area contributed by atoms with Crippen LogP contribution in [0.15, 0.2) is 0 Å². The van der Waals surface area contributed by atoms with E-state index in [2.05, 4.69) is 0 Å². The Balaban J connectivity index is 2.76. The SMILES string of the molecule is CCC(CO)N1C(=O)CC(C)CC1=O. The summed E-state index contributed by atoms with van der Waals surface area (Å²) >= 11 is 0. The lowest BCUT2D eigenvalue weighted by Gasteiger charge is -2.33. The highest BCUT2D eigenvalue weighted by Crippen LogP contribution is 2.21. The quantitative estimate of drug-likeness (QED) is 0.675. The van der Waals surface area contributed by atoms with Crippen molar-refractivity contribution in [1.82, 2.24) is 4.90 Å². The van der Waals surface area contributed by atoms with Gasteiger partial charge in [0.2, 0.25) is 11.8 Å². The molecule has 14 heavy (non-hydrogen) atoms. The first-order valence-corrected chi connectivity index (χ1v) is 5.05. The smallest absolute Gasteiger partial charge is 0.229 e. The molecule has 1 aliphatic rings. The van der Waals surface area contributed by atoms with Gasteiger partial charge >= 0.3 is 0 Å².